The second-order valence-electron chi connectivity index (χ2n) is 10.7. The molecule has 182 valence electrons. The monoisotopic (exact) mass is 440 g/mol. The Kier molecular flexibility index (Phi) is 13.4. The number of benzene rings is 1. The highest BCUT2D eigenvalue weighted by molar-refractivity contribution is 5.14. The molecule has 1 aromatic rings. The van der Waals surface area contributed by atoms with Gasteiger partial charge in [0.05, 0.1) is 0 Å². The lowest BCUT2D eigenvalue weighted by Crippen LogP contribution is -2.30. The number of likely N-dealkylation sites (tertiary alicyclic amines) is 2. The van der Waals surface area contributed by atoms with Gasteiger partial charge in [-0.3, -0.25) is 0 Å². The van der Waals surface area contributed by atoms with E-state index in [1.54, 1.807) is 0 Å². The quantitative estimate of drug-likeness (QED) is 0.344. The normalized spacial score (nSPS) is 21.1. The Morgan fingerprint density at radius 1 is 0.562 bits per heavy atom. The Morgan fingerprint density at radius 3 is 1.75 bits per heavy atom. The van der Waals surface area contributed by atoms with Crippen LogP contribution < -0.4 is 0 Å². The molecule has 2 nitrogen and oxygen atoms in total. The number of unbranched alkanes of at least 4 members (excludes halogenated alkanes) is 2. The molecule has 0 amide bonds. The zero-order chi connectivity index (χ0) is 22.1. The summed E-state index contributed by atoms with van der Waals surface area (Å²) in [5.41, 5.74) is 1.48. The van der Waals surface area contributed by atoms with E-state index in [1.165, 1.54) is 154 Å². The van der Waals surface area contributed by atoms with Gasteiger partial charge in [-0.05, 0) is 95.7 Å². The lowest BCUT2D eigenvalue weighted by Gasteiger charge is -2.26. The lowest BCUT2D eigenvalue weighted by atomic mass is 9.85. The highest BCUT2D eigenvalue weighted by Gasteiger charge is 2.13. The van der Waals surface area contributed by atoms with Gasteiger partial charge in [-0.2, -0.15) is 0 Å². The van der Waals surface area contributed by atoms with Crippen molar-refractivity contribution in [3.8, 4) is 0 Å². The van der Waals surface area contributed by atoms with E-state index in [2.05, 4.69) is 40.1 Å². The molecule has 0 atom stereocenters. The van der Waals surface area contributed by atoms with Crippen molar-refractivity contribution in [3.63, 3.8) is 0 Å². The Bertz CT molecular complexity index is 519. The molecule has 0 N–H and O–H groups in total. The van der Waals surface area contributed by atoms with Crippen LogP contribution in [-0.4, -0.2) is 49.1 Å². The first kappa shape index (κ1) is 25.8. The van der Waals surface area contributed by atoms with Crippen molar-refractivity contribution in [1.82, 2.24) is 9.80 Å². The predicted molar refractivity (Wildman–Crippen MR) is 140 cm³/mol. The molecule has 2 heteroatoms. The van der Waals surface area contributed by atoms with E-state index in [1.807, 2.05) is 0 Å². The largest absolute Gasteiger partial charge is 0.303 e. The second-order valence-corrected chi connectivity index (χ2v) is 10.7. The third-order valence-corrected chi connectivity index (χ3v) is 7.99. The van der Waals surface area contributed by atoms with Crippen LogP contribution in [0.1, 0.15) is 108 Å². The Balaban J connectivity index is 0.000000182. The molecule has 1 saturated carbocycles. The summed E-state index contributed by atoms with van der Waals surface area (Å²) in [7, 11) is 0. The predicted octanol–water partition coefficient (Wildman–Crippen LogP) is 7.72. The van der Waals surface area contributed by atoms with Gasteiger partial charge in [-0.15, -0.1) is 0 Å². The van der Waals surface area contributed by atoms with Crippen LogP contribution in [0.15, 0.2) is 30.3 Å². The van der Waals surface area contributed by atoms with Gasteiger partial charge in [0, 0.05) is 0 Å². The third kappa shape index (κ3) is 11.3. The summed E-state index contributed by atoms with van der Waals surface area (Å²) in [4.78, 5) is 5.30. The van der Waals surface area contributed by atoms with Gasteiger partial charge in [0.15, 0.2) is 0 Å². The lowest BCUT2D eigenvalue weighted by molar-refractivity contribution is 0.222. The number of hydrogen-bond acceptors (Lipinski definition) is 2. The molecular weight excluding hydrogens is 388 g/mol. The number of nitrogens with zero attached hydrogens (tertiary/aromatic N) is 2. The van der Waals surface area contributed by atoms with Gasteiger partial charge in [-0.1, -0.05) is 94.5 Å². The molecule has 4 rings (SSSR count). The van der Waals surface area contributed by atoms with E-state index in [4.69, 9.17) is 0 Å². The summed E-state index contributed by atoms with van der Waals surface area (Å²) in [6.45, 7) is 8.08. The Labute approximate surface area is 200 Å². The molecule has 2 saturated heterocycles. The van der Waals surface area contributed by atoms with E-state index in [0.29, 0.717) is 0 Å². The topological polar surface area (TPSA) is 6.48 Å². The molecular formula is C30H52N2. The minimum atomic E-state index is 1.10. The molecule has 3 fully saturated rings. The number of rotatable bonds is 10. The van der Waals surface area contributed by atoms with Gasteiger partial charge < -0.3 is 9.80 Å². The zero-order valence-corrected chi connectivity index (χ0v) is 21.1. The first-order valence-electron chi connectivity index (χ1n) is 14.4. The van der Waals surface area contributed by atoms with E-state index < -0.39 is 0 Å². The van der Waals surface area contributed by atoms with E-state index in [-0.39, 0.29) is 0 Å². The van der Waals surface area contributed by atoms with E-state index >= 15 is 0 Å². The summed E-state index contributed by atoms with van der Waals surface area (Å²) in [5, 5.41) is 0. The van der Waals surface area contributed by atoms with Gasteiger partial charge in [0.25, 0.3) is 0 Å². The number of hydrogen-bond donors (Lipinski definition) is 0. The van der Waals surface area contributed by atoms with Crippen molar-refractivity contribution in [3.05, 3.63) is 35.9 Å². The minimum absolute atomic E-state index is 1.10. The maximum absolute atomic E-state index is 2.68. The van der Waals surface area contributed by atoms with Crippen molar-refractivity contribution >= 4 is 0 Å². The van der Waals surface area contributed by atoms with Crippen molar-refractivity contribution < 1.29 is 0 Å². The maximum Gasteiger partial charge on any atom is -0.00156 e. The van der Waals surface area contributed by atoms with Gasteiger partial charge >= 0.3 is 0 Å². The third-order valence-electron chi connectivity index (χ3n) is 7.99. The smallest absolute Gasteiger partial charge is 0.00156 e. The maximum atomic E-state index is 2.68. The molecule has 1 aliphatic carbocycles. The van der Waals surface area contributed by atoms with Crippen LogP contribution in [0.2, 0.25) is 0 Å². The van der Waals surface area contributed by atoms with Crippen LogP contribution in [0.3, 0.4) is 0 Å². The highest BCUT2D eigenvalue weighted by Crippen LogP contribution is 2.28. The van der Waals surface area contributed by atoms with Crippen LogP contribution >= 0.6 is 0 Å². The molecule has 2 heterocycles. The van der Waals surface area contributed by atoms with Crippen LogP contribution in [0.25, 0.3) is 0 Å². The average Bonchev–Trinajstić information content (AvgIpc) is 2.87. The molecule has 0 aromatic heterocycles. The van der Waals surface area contributed by atoms with Crippen LogP contribution in [0, 0.1) is 5.92 Å². The van der Waals surface area contributed by atoms with Crippen LogP contribution in [0.4, 0.5) is 0 Å². The van der Waals surface area contributed by atoms with Gasteiger partial charge in [0.2, 0.25) is 0 Å². The van der Waals surface area contributed by atoms with E-state index in [9.17, 15) is 0 Å². The summed E-state index contributed by atoms with van der Waals surface area (Å²) in [6.07, 6.45) is 24.7. The van der Waals surface area contributed by atoms with E-state index in [0.717, 1.165) is 5.92 Å². The summed E-state index contributed by atoms with van der Waals surface area (Å²) in [6, 6.07) is 10.8. The number of aryl methyl sites for hydroxylation is 1. The fraction of sp³-hybridized carbons (Fsp3) is 0.800. The first-order chi connectivity index (χ1) is 15.9. The molecule has 0 bridgehead atoms. The Hall–Kier alpha value is -0.860. The minimum Gasteiger partial charge on any atom is -0.303 e. The average molecular weight is 441 g/mol. The first-order valence-corrected chi connectivity index (χ1v) is 14.4. The Morgan fingerprint density at radius 2 is 1.12 bits per heavy atom. The molecule has 0 spiro atoms. The zero-order valence-electron chi connectivity index (χ0n) is 21.1. The van der Waals surface area contributed by atoms with Crippen LogP contribution in [-0.2, 0) is 6.42 Å². The molecule has 0 unspecified atom stereocenters. The highest BCUT2D eigenvalue weighted by atomic mass is 15.1. The molecule has 32 heavy (non-hydrogen) atoms. The fourth-order valence-corrected chi connectivity index (χ4v) is 5.94. The van der Waals surface area contributed by atoms with Gasteiger partial charge in [0.1, 0.15) is 0 Å². The number of piperidine rings is 2. The second kappa shape index (κ2) is 16.7. The summed E-state index contributed by atoms with van der Waals surface area (Å²) < 4.78 is 0. The molecule has 1 aromatic carbocycles. The molecule has 3 aliphatic rings. The van der Waals surface area contributed by atoms with Crippen molar-refractivity contribution in [1.29, 1.82) is 0 Å². The molecule has 0 radical (unpaired) electrons. The SMILES string of the molecule is C1CCC(CCCCCN2CCCCC2)CC1.c1ccc(CCCN2CCCCC2)cc1. The molecule has 2 aliphatic heterocycles. The van der Waals surface area contributed by atoms with Crippen molar-refractivity contribution in [2.75, 3.05) is 39.3 Å². The van der Waals surface area contributed by atoms with Crippen LogP contribution in [0.5, 0.6) is 0 Å². The fourth-order valence-electron chi connectivity index (χ4n) is 5.94. The van der Waals surface area contributed by atoms with Crippen molar-refractivity contribution in [2.24, 2.45) is 5.92 Å². The van der Waals surface area contributed by atoms with Gasteiger partial charge in [-0.25, -0.2) is 0 Å². The summed E-state index contributed by atoms with van der Waals surface area (Å²) in [5.74, 6) is 1.10. The summed E-state index contributed by atoms with van der Waals surface area (Å²) >= 11 is 0. The standard InChI is InChI=1S/C16H31N.C14H21N/c1-4-10-16(11-5-1)12-6-2-7-13-17-14-8-3-9-15-17;1-3-8-14(9-4-1)10-7-13-15-11-5-2-6-12-15/h16H,1-15H2;1,3-4,8-9H,2,5-7,10-13H2. The van der Waals surface area contributed by atoms with Crippen molar-refractivity contribution in [2.45, 2.75) is 109 Å².